The molecule has 1 heterocycles. The second kappa shape index (κ2) is 5.98. The summed E-state index contributed by atoms with van der Waals surface area (Å²) >= 11 is 6.84. The van der Waals surface area contributed by atoms with Crippen LogP contribution < -0.4 is 10.6 Å². The maximum Gasteiger partial charge on any atom is 0.227 e. The van der Waals surface area contributed by atoms with Crippen molar-refractivity contribution in [3.8, 4) is 0 Å². The van der Waals surface area contributed by atoms with Crippen LogP contribution in [0.15, 0.2) is 27.1 Å². The van der Waals surface area contributed by atoms with Gasteiger partial charge >= 0.3 is 0 Å². The van der Waals surface area contributed by atoms with E-state index in [-0.39, 0.29) is 11.8 Å². The van der Waals surface area contributed by atoms with Crippen molar-refractivity contribution >= 4 is 43.5 Å². The molecule has 92 valence electrons. The molecule has 1 fully saturated rings. The summed E-state index contributed by atoms with van der Waals surface area (Å²) in [6.07, 6.45) is 1.83. The molecule has 5 heteroatoms. The Balaban J connectivity index is 2.04. The van der Waals surface area contributed by atoms with Crippen molar-refractivity contribution in [3.63, 3.8) is 0 Å². The lowest BCUT2D eigenvalue weighted by Gasteiger charge is -2.22. The van der Waals surface area contributed by atoms with Crippen molar-refractivity contribution in [1.82, 2.24) is 5.32 Å². The molecule has 0 aromatic heterocycles. The van der Waals surface area contributed by atoms with Crippen LogP contribution >= 0.6 is 31.9 Å². The van der Waals surface area contributed by atoms with Gasteiger partial charge in [0.2, 0.25) is 5.91 Å². The topological polar surface area (TPSA) is 41.1 Å². The first kappa shape index (κ1) is 13.1. The summed E-state index contributed by atoms with van der Waals surface area (Å²) in [6, 6.07) is 5.76. The first-order valence-electron chi connectivity index (χ1n) is 5.63. The first-order chi connectivity index (χ1) is 8.16. The van der Waals surface area contributed by atoms with E-state index >= 15 is 0 Å². The Kier molecular flexibility index (Phi) is 4.59. The molecule has 1 aliphatic heterocycles. The van der Waals surface area contributed by atoms with E-state index in [1.165, 1.54) is 0 Å². The van der Waals surface area contributed by atoms with Gasteiger partial charge in [0.05, 0.1) is 5.69 Å². The standard InChI is InChI=1S/C12H14Br2N2O/c13-9-1-2-10(14)11(7-9)16-12(17)8-3-5-15-6-4-8/h1-2,7-8,15H,3-6H2,(H,16,17). The number of hydrogen-bond acceptors (Lipinski definition) is 2. The molecule has 0 saturated carbocycles. The zero-order valence-electron chi connectivity index (χ0n) is 9.30. The summed E-state index contributed by atoms with van der Waals surface area (Å²) in [7, 11) is 0. The minimum atomic E-state index is 0.116. The molecule has 0 atom stereocenters. The molecule has 0 radical (unpaired) electrons. The fourth-order valence-electron chi connectivity index (χ4n) is 1.91. The normalized spacial score (nSPS) is 16.8. The molecular formula is C12H14Br2N2O. The number of rotatable bonds is 2. The quantitative estimate of drug-likeness (QED) is 0.849. The maximum absolute atomic E-state index is 12.1. The second-order valence-corrected chi connectivity index (χ2v) is 5.91. The predicted octanol–water partition coefficient (Wildman–Crippen LogP) is 3.15. The van der Waals surface area contributed by atoms with Crippen molar-refractivity contribution in [2.45, 2.75) is 12.8 Å². The van der Waals surface area contributed by atoms with Crippen LogP contribution in [0, 0.1) is 5.92 Å². The molecular weight excluding hydrogens is 348 g/mol. The zero-order valence-corrected chi connectivity index (χ0v) is 12.5. The van der Waals surface area contributed by atoms with Crippen LogP contribution in [0.4, 0.5) is 5.69 Å². The van der Waals surface area contributed by atoms with Crippen LogP contribution in [0.25, 0.3) is 0 Å². The number of piperidine rings is 1. The lowest BCUT2D eigenvalue weighted by Crippen LogP contribution is -2.34. The third-order valence-electron chi connectivity index (χ3n) is 2.90. The van der Waals surface area contributed by atoms with Crippen LogP contribution in [0.5, 0.6) is 0 Å². The fourth-order valence-corrected chi connectivity index (χ4v) is 2.62. The van der Waals surface area contributed by atoms with Gasteiger partial charge in [0, 0.05) is 14.9 Å². The van der Waals surface area contributed by atoms with Crippen molar-refractivity contribution in [3.05, 3.63) is 27.1 Å². The predicted molar refractivity (Wildman–Crippen MR) is 76.1 cm³/mol. The van der Waals surface area contributed by atoms with Gasteiger partial charge in [0.25, 0.3) is 0 Å². The summed E-state index contributed by atoms with van der Waals surface area (Å²) in [5.41, 5.74) is 0.822. The highest BCUT2D eigenvalue weighted by atomic mass is 79.9. The van der Waals surface area contributed by atoms with Gasteiger partial charge in [-0.3, -0.25) is 4.79 Å². The molecule has 1 aliphatic rings. The Bertz CT molecular complexity index is 417. The van der Waals surface area contributed by atoms with Gasteiger partial charge in [0.1, 0.15) is 0 Å². The molecule has 1 amide bonds. The van der Waals surface area contributed by atoms with E-state index < -0.39 is 0 Å². The molecule has 0 bridgehead atoms. The van der Waals surface area contributed by atoms with Crippen LogP contribution in [0.2, 0.25) is 0 Å². The Hall–Kier alpha value is -0.390. The van der Waals surface area contributed by atoms with E-state index in [0.717, 1.165) is 40.6 Å². The van der Waals surface area contributed by atoms with E-state index in [0.29, 0.717) is 0 Å². The molecule has 3 nitrogen and oxygen atoms in total. The van der Waals surface area contributed by atoms with Crippen LogP contribution in [-0.4, -0.2) is 19.0 Å². The van der Waals surface area contributed by atoms with Crippen LogP contribution in [0.3, 0.4) is 0 Å². The largest absolute Gasteiger partial charge is 0.325 e. The minimum Gasteiger partial charge on any atom is -0.325 e. The average Bonchev–Trinajstić information content (AvgIpc) is 2.35. The average molecular weight is 362 g/mol. The lowest BCUT2D eigenvalue weighted by atomic mass is 9.97. The zero-order chi connectivity index (χ0) is 12.3. The number of benzene rings is 1. The summed E-state index contributed by atoms with van der Waals surface area (Å²) < 4.78 is 1.87. The molecule has 1 aromatic carbocycles. The fraction of sp³-hybridized carbons (Fsp3) is 0.417. The summed E-state index contributed by atoms with van der Waals surface area (Å²) in [5, 5.41) is 6.23. The summed E-state index contributed by atoms with van der Waals surface area (Å²) in [4.78, 5) is 12.1. The maximum atomic E-state index is 12.1. The number of halogens is 2. The number of anilines is 1. The Labute approximate surface area is 118 Å². The molecule has 1 aromatic rings. The van der Waals surface area contributed by atoms with Gasteiger partial charge in [0.15, 0.2) is 0 Å². The lowest BCUT2D eigenvalue weighted by molar-refractivity contribution is -0.120. The van der Waals surface area contributed by atoms with Crippen molar-refractivity contribution in [1.29, 1.82) is 0 Å². The van der Waals surface area contributed by atoms with E-state index in [9.17, 15) is 4.79 Å². The smallest absolute Gasteiger partial charge is 0.227 e. The molecule has 0 aliphatic carbocycles. The van der Waals surface area contributed by atoms with Crippen LogP contribution in [-0.2, 0) is 4.79 Å². The van der Waals surface area contributed by atoms with E-state index in [1.54, 1.807) is 0 Å². The molecule has 0 spiro atoms. The van der Waals surface area contributed by atoms with Gasteiger partial charge in [-0.1, -0.05) is 15.9 Å². The summed E-state index contributed by atoms with van der Waals surface area (Å²) in [6.45, 7) is 1.86. The van der Waals surface area contributed by atoms with Gasteiger partial charge in [-0.2, -0.15) is 0 Å². The van der Waals surface area contributed by atoms with Crippen molar-refractivity contribution in [2.75, 3.05) is 18.4 Å². The summed E-state index contributed by atoms with van der Waals surface area (Å²) in [5.74, 6) is 0.243. The third kappa shape index (κ3) is 3.53. The van der Waals surface area contributed by atoms with E-state index in [4.69, 9.17) is 0 Å². The van der Waals surface area contributed by atoms with Crippen molar-refractivity contribution < 1.29 is 4.79 Å². The van der Waals surface area contributed by atoms with Crippen LogP contribution in [0.1, 0.15) is 12.8 Å². The van der Waals surface area contributed by atoms with Gasteiger partial charge in [-0.25, -0.2) is 0 Å². The molecule has 1 saturated heterocycles. The number of amides is 1. The number of carbonyl (C=O) groups is 1. The van der Waals surface area contributed by atoms with Gasteiger partial charge < -0.3 is 10.6 Å². The molecule has 17 heavy (non-hydrogen) atoms. The minimum absolute atomic E-state index is 0.116. The molecule has 2 rings (SSSR count). The highest BCUT2D eigenvalue weighted by molar-refractivity contribution is 9.11. The van der Waals surface area contributed by atoms with E-state index in [1.807, 2.05) is 18.2 Å². The van der Waals surface area contributed by atoms with Crippen molar-refractivity contribution in [2.24, 2.45) is 5.92 Å². The SMILES string of the molecule is O=C(Nc1cc(Br)ccc1Br)C1CCNCC1. The molecule has 2 N–H and O–H groups in total. The van der Waals surface area contributed by atoms with Gasteiger partial charge in [-0.05, 0) is 60.1 Å². The third-order valence-corrected chi connectivity index (χ3v) is 4.08. The Morgan fingerprint density at radius 3 is 2.71 bits per heavy atom. The second-order valence-electron chi connectivity index (χ2n) is 4.14. The number of hydrogen-bond donors (Lipinski definition) is 2. The Morgan fingerprint density at radius 1 is 1.29 bits per heavy atom. The number of nitrogens with one attached hydrogen (secondary N) is 2. The monoisotopic (exact) mass is 360 g/mol. The van der Waals surface area contributed by atoms with Gasteiger partial charge in [-0.15, -0.1) is 0 Å². The number of carbonyl (C=O) groups excluding carboxylic acids is 1. The Morgan fingerprint density at radius 2 is 2.00 bits per heavy atom. The molecule has 0 unspecified atom stereocenters. The van der Waals surface area contributed by atoms with E-state index in [2.05, 4.69) is 42.5 Å². The highest BCUT2D eigenvalue weighted by Gasteiger charge is 2.21. The first-order valence-corrected chi connectivity index (χ1v) is 7.22. The highest BCUT2D eigenvalue weighted by Crippen LogP contribution is 2.27.